The van der Waals surface area contributed by atoms with Gasteiger partial charge in [-0.3, -0.25) is 0 Å². The number of para-hydroxylation sites is 1. The fraction of sp³-hybridized carbons (Fsp3) is 0.125. The summed E-state index contributed by atoms with van der Waals surface area (Å²) in [6.07, 6.45) is 0.733. The Morgan fingerprint density at radius 3 is 2.67 bits per heavy atom. The smallest absolute Gasteiger partial charge is 0.123 e. The molecule has 21 heavy (non-hydrogen) atoms. The number of aromatic nitrogens is 3. The largest absolute Gasteiger partial charge is 0.382 e. The highest BCUT2D eigenvalue weighted by Crippen LogP contribution is 2.27. The van der Waals surface area contributed by atoms with E-state index >= 15 is 0 Å². The molecule has 3 rings (SSSR count). The van der Waals surface area contributed by atoms with Crippen LogP contribution in [0.3, 0.4) is 0 Å². The monoisotopic (exact) mass is 299 g/mol. The van der Waals surface area contributed by atoms with Crippen molar-refractivity contribution in [3.8, 4) is 5.69 Å². The van der Waals surface area contributed by atoms with E-state index in [-0.39, 0.29) is 0 Å². The molecule has 106 valence electrons. The summed E-state index contributed by atoms with van der Waals surface area (Å²) < 4.78 is 1.63. The number of hydrogen-bond donors (Lipinski definition) is 1. The highest BCUT2D eigenvalue weighted by molar-refractivity contribution is 6.30. The van der Waals surface area contributed by atoms with Crippen molar-refractivity contribution >= 4 is 11.6 Å². The second-order valence-corrected chi connectivity index (χ2v) is 5.25. The van der Waals surface area contributed by atoms with Crippen LogP contribution in [-0.4, -0.2) is 20.1 Å². The average molecular weight is 300 g/mol. The number of nitrogens with zero attached hydrogens (tertiary/aromatic N) is 3. The Morgan fingerprint density at radius 2 is 1.90 bits per heavy atom. The van der Waals surface area contributed by atoms with Crippen molar-refractivity contribution in [1.82, 2.24) is 15.0 Å². The van der Waals surface area contributed by atoms with Crippen LogP contribution < -0.4 is 0 Å². The topological polar surface area (TPSA) is 50.9 Å². The molecule has 0 amide bonds. The van der Waals surface area contributed by atoms with E-state index in [2.05, 4.69) is 10.3 Å². The molecule has 1 unspecified atom stereocenters. The third-order valence-electron chi connectivity index (χ3n) is 3.39. The zero-order chi connectivity index (χ0) is 14.8. The van der Waals surface area contributed by atoms with Gasteiger partial charge in [0.15, 0.2) is 0 Å². The summed E-state index contributed by atoms with van der Waals surface area (Å²) in [6.45, 7) is 1.94. The molecule has 0 bridgehead atoms. The molecule has 1 atom stereocenters. The van der Waals surface area contributed by atoms with Crippen LogP contribution in [0.4, 0.5) is 0 Å². The van der Waals surface area contributed by atoms with Crippen molar-refractivity contribution in [3.05, 3.63) is 76.6 Å². The van der Waals surface area contributed by atoms with Gasteiger partial charge in [0.05, 0.1) is 17.6 Å². The molecular weight excluding hydrogens is 286 g/mol. The van der Waals surface area contributed by atoms with Gasteiger partial charge in [0.1, 0.15) is 6.10 Å². The maximum absolute atomic E-state index is 10.7. The van der Waals surface area contributed by atoms with E-state index in [1.165, 1.54) is 0 Å². The van der Waals surface area contributed by atoms with E-state index in [0.717, 1.165) is 16.8 Å². The van der Waals surface area contributed by atoms with Crippen LogP contribution in [0.2, 0.25) is 5.02 Å². The third kappa shape index (κ3) is 2.68. The van der Waals surface area contributed by atoms with Gasteiger partial charge in [-0.25, -0.2) is 4.68 Å². The van der Waals surface area contributed by atoms with Gasteiger partial charge in [0.2, 0.25) is 0 Å². The molecule has 0 radical (unpaired) electrons. The standard InChI is InChI=1S/C16H14ClN3O/c1-11-7-8-12(17)9-14(11)16(21)15-10-18-19-20(15)13-5-3-2-4-6-13/h2-10,16,21H,1H3. The first-order valence-corrected chi connectivity index (χ1v) is 6.95. The molecule has 0 saturated carbocycles. The lowest BCUT2D eigenvalue weighted by Gasteiger charge is -2.15. The van der Waals surface area contributed by atoms with Crippen LogP contribution in [0.1, 0.15) is 22.9 Å². The van der Waals surface area contributed by atoms with Crippen LogP contribution in [0, 0.1) is 6.92 Å². The molecule has 3 aromatic rings. The molecular formula is C16H14ClN3O. The van der Waals surface area contributed by atoms with Gasteiger partial charge in [0.25, 0.3) is 0 Å². The summed E-state index contributed by atoms with van der Waals surface area (Å²) >= 11 is 6.03. The summed E-state index contributed by atoms with van der Waals surface area (Å²) in [7, 11) is 0. The molecule has 5 heteroatoms. The molecule has 4 nitrogen and oxygen atoms in total. The number of aliphatic hydroxyl groups is 1. The van der Waals surface area contributed by atoms with Gasteiger partial charge in [0, 0.05) is 5.02 Å². The lowest BCUT2D eigenvalue weighted by molar-refractivity contribution is 0.211. The number of hydrogen-bond acceptors (Lipinski definition) is 3. The van der Waals surface area contributed by atoms with Gasteiger partial charge >= 0.3 is 0 Å². The summed E-state index contributed by atoms with van der Waals surface area (Å²) in [5.74, 6) is 0. The van der Waals surface area contributed by atoms with Crippen molar-refractivity contribution in [2.45, 2.75) is 13.0 Å². The summed E-state index contributed by atoms with van der Waals surface area (Å²) in [6, 6.07) is 15.0. The Labute approximate surface area is 127 Å². The summed E-state index contributed by atoms with van der Waals surface area (Å²) in [5.41, 5.74) is 3.17. The average Bonchev–Trinajstić information content (AvgIpc) is 2.99. The van der Waals surface area contributed by atoms with E-state index in [9.17, 15) is 5.11 Å². The summed E-state index contributed by atoms with van der Waals surface area (Å²) in [4.78, 5) is 0. The van der Waals surface area contributed by atoms with Crippen molar-refractivity contribution in [1.29, 1.82) is 0 Å². The zero-order valence-corrected chi connectivity index (χ0v) is 12.2. The van der Waals surface area contributed by atoms with Crippen LogP contribution >= 0.6 is 11.6 Å². The number of rotatable bonds is 3. The first-order valence-electron chi connectivity index (χ1n) is 6.57. The Hall–Kier alpha value is -2.17. The molecule has 1 aromatic heterocycles. The minimum absolute atomic E-state index is 0.591. The van der Waals surface area contributed by atoms with E-state index in [4.69, 9.17) is 11.6 Å². The Bertz CT molecular complexity index is 755. The maximum Gasteiger partial charge on any atom is 0.123 e. The molecule has 1 N–H and O–H groups in total. The van der Waals surface area contributed by atoms with Gasteiger partial charge in [-0.05, 0) is 42.3 Å². The molecule has 1 heterocycles. The van der Waals surface area contributed by atoms with Gasteiger partial charge in [-0.2, -0.15) is 0 Å². The molecule has 0 aliphatic rings. The first kappa shape index (κ1) is 13.8. The van der Waals surface area contributed by atoms with Crippen LogP contribution in [-0.2, 0) is 0 Å². The molecule has 0 saturated heterocycles. The number of aliphatic hydroxyl groups excluding tert-OH is 1. The van der Waals surface area contributed by atoms with Crippen molar-refractivity contribution in [3.63, 3.8) is 0 Å². The van der Waals surface area contributed by atoms with Gasteiger partial charge < -0.3 is 5.11 Å². The number of halogens is 1. The number of benzene rings is 2. The van der Waals surface area contributed by atoms with Crippen LogP contribution in [0.5, 0.6) is 0 Å². The zero-order valence-electron chi connectivity index (χ0n) is 11.4. The van der Waals surface area contributed by atoms with E-state index in [1.54, 1.807) is 23.0 Å². The quantitative estimate of drug-likeness (QED) is 0.807. The predicted molar refractivity (Wildman–Crippen MR) is 81.6 cm³/mol. The van der Waals surface area contributed by atoms with Crippen molar-refractivity contribution in [2.75, 3.05) is 0 Å². The molecule has 0 aliphatic heterocycles. The highest BCUT2D eigenvalue weighted by Gasteiger charge is 2.19. The molecule has 0 spiro atoms. The normalized spacial score (nSPS) is 12.3. The fourth-order valence-electron chi connectivity index (χ4n) is 2.26. The maximum atomic E-state index is 10.7. The Kier molecular flexibility index (Phi) is 3.73. The van der Waals surface area contributed by atoms with Crippen molar-refractivity contribution in [2.24, 2.45) is 0 Å². The molecule has 0 aliphatic carbocycles. The minimum atomic E-state index is -0.834. The van der Waals surface area contributed by atoms with Crippen LogP contribution in [0.25, 0.3) is 5.69 Å². The second-order valence-electron chi connectivity index (χ2n) is 4.81. The minimum Gasteiger partial charge on any atom is -0.382 e. The van der Waals surface area contributed by atoms with Gasteiger partial charge in [-0.1, -0.05) is 41.1 Å². The Morgan fingerprint density at radius 1 is 1.14 bits per heavy atom. The van der Waals surface area contributed by atoms with Gasteiger partial charge in [-0.15, -0.1) is 5.10 Å². The SMILES string of the molecule is Cc1ccc(Cl)cc1C(O)c1cnnn1-c1ccccc1. The predicted octanol–water partition coefficient (Wildman–Crippen LogP) is 3.31. The van der Waals surface area contributed by atoms with Crippen molar-refractivity contribution < 1.29 is 5.11 Å². The third-order valence-corrected chi connectivity index (χ3v) is 3.63. The number of aryl methyl sites for hydroxylation is 1. The Balaban J connectivity index is 2.06. The molecule has 0 fully saturated rings. The van der Waals surface area contributed by atoms with E-state index < -0.39 is 6.10 Å². The van der Waals surface area contributed by atoms with E-state index in [1.807, 2.05) is 43.3 Å². The van der Waals surface area contributed by atoms with Crippen LogP contribution in [0.15, 0.2) is 54.7 Å². The lowest BCUT2D eigenvalue weighted by Crippen LogP contribution is -2.09. The second kappa shape index (κ2) is 5.68. The lowest BCUT2D eigenvalue weighted by atomic mass is 10.0. The molecule has 2 aromatic carbocycles. The summed E-state index contributed by atoms with van der Waals surface area (Å²) in [5, 5.41) is 19.2. The first-order chi connectivity index (χ1) is 10.2. The highest BCUT2D eigenvalue weighted by atomic mass is 35.5. The van der Waals surface area contributed by atoms with E-state index in [0.29, 0.717) is 10.7 Å². The fourth-order valence-corrected chi connectivity index (χ4v) is 2.45.